The lowest BCUT2D eigenvalue weighted by Gasteiger charge is -2.25. The van der Waals surface area contributed by atoms with Gasteiger partial charge in [0, 0.05) is 17.5 Å². The second-order valence-electron chi connectivity index (χ2n) is 7.08. The molecule has 33 heavy (non-hydrogen) atoms. The van der Waals surface area contributed by atoms with Crippen LogP contribution >= 0.6 is 0 Å². The molecule has 3 aromatic carbocycles. The van der Waals surface area contributed by atoms with Crippen molar-refractivity contribution in [2.45, 2.75) is 4.90 Å². The summed E-state index contributed by atoms with van der Waals surface area (Å²) in [5, 5.41) is 13.6. The fraction of sp³-hybridized carbons (Fsp3) is 0. The number of hydrogen-bond donors (Lipinski definition) is 1. The van der Waals surface area contributed by atoms with Gasteiger partial charge in [-0.05, 0) is 29.7 Å². The minimum Gasteiger partial charge on any atom is -0.288 e. The predicted octanol–water partition coefficient (Wildman–Crippen LogP) is 1.55. The number of benzene rings is 3. The lowest BCUT2D eigenvalue weighted by atomic mass is 9.94. The van der Waals surface area contributed by atoms with Crippen molar-refractivity contribution in [3.05, 3.63) is 80.9 Å². The number of rotatable bonds is 4. The number of hydrogen-bond acceptors (Lipinski definition) is 9. The molecule has 0 radical (unpaired) electrons. The van der Waals surface area contributed by atoms with Crippen LogP contribution in [0.1, 0.15) is 41.4 Å². The van der Waals surface area contributed by atoms with E-state index in [2.05, 4.69) is 0 Å². The summed E-state index contributed by atoms with van der Waals surface area (Å²) in [6.07, 6.45) is 0. The molecule has 12 nitrogen and oxygen atoms in total. The highest BCUT2D eigenvalue weighted by Gasteiger charge is 2.39. The number of nitrogens with zero attached hydrogens (tertiary/aromatic N) is 2. The monoisotopic (exact) mass is 467 g/mol. The van der Waals surface area contributed by atoms with Crippen molar-refractivity contribution in [3.63, 3.8) is 0 Å². The van der Waals surface area contributed by atoms with E-state index in [0.717, 1.165) is 24.3 Å². The van der Waals surface area contributed by atoms with E-state index in [-0.39, 0.29) is 38.1 Å². The maximum absolute atomic E-state index is 13.0. The number of amides is 4. The number of nitro groups is 1. The summed E-state index contributed by atoms with van der Waals surface area (Å²) in [7, 11) is -4.83. The van der Waals surface area contributed by atoms with Crippen LogP contribution < -0.4 is 5.32 Å². The fourth-order valence-electron chi connectivity index (χ4n) is 3.69. The maximum Gasteiger partial charge on any atom is 0.318 e. The highest BCUT2D eigenvalue weighted by molar-refractivity contribution is 7.86. The van der Waals surface area contributed by atoms with Crippen molar-refractivity contribution in [3.8, 4) is 0 Å². The number of imide groups is 2. The first-order chi connectivity index (χ1) is 15.6. The first-order valence-corrected chi connectivity index (χ1v) is 10.5. The molecule has 0 aromatic heterocycles. The molecule has 0 saturated heterocycles. The van der Waals surface area contributed by atoms with Crippen LogP contribution in [0, 0.1) is 10.1 Å². The van der Waals surface area contributed by atoms with Crippen LogP contribution in [0.25, 0.3) is 10.8 Å². The van der Waals surface area contributed by atoms with Gasteiger partial charge in [-0.3, -0.25) is 34.6 Å². The molecule has 164 valence electrons. The van der Waals surface area contributed by atoms with Crippen LogP contribution in [0.4, 0.5) is 5.69 Å². The number of carbonyl (C=O) groups is 4. The molecule has 0 aliphatic carbocycles. The quantitative estimate of drug-likeness (QED) is 0.340. The standard InChI is InChI=1S/C20H9N3O9S/c24-17-12-5-4-11(8-14(12)18(25)21-17)33(30,31)32-22-19(26)13-3-1-2-9-6-10(23(28)29)7-15(16(9)13)20(22)27/h1-8H,(H,21,24,25). The summed E-state index contributed by atoms with van der Waals surface area (Å²) >= 11 is 0. The first-order valence-electron chi connectivity index (χ1n) is 9.13. The summed E-state index contributed by atoms with van der Waals surface area (Å²) in [5.41, 5.74) is -1.08. The normalized spacial score (nSPS) is 15.1. The zero-order chi connectivity index (χ0) is 23.7. The first kappa shape index (κ1) is 20.4. The second-order valence-corrected chi connectivity index (χ2v) is 8.61. The maximum atomic E-state index is 13.0. The molecular weight excluding hydrogens is 458 g/mol. The highest BCUT2D eigenvalue weighted by atomic mass is 32.2. The summed E-state index contributed by atoms with van der Waals surface area (Å²) in [6.45, 7) is 0. The third-order valence-corrected chi connectivity index (χ3v) is 6.35. The Hall–Kier alpha value is -4.49. The van der Waals surface area contributed by atoms with Crippen molar-refractivity contribution < 1.29 is 36.8 Å². The molecule has 2 aliphatic rings. The van der Waals surface area contributed by atoms with E-state index in [1.165, 1.54) is 24.3 Å². The lowest BCUT2D eigenvalue weighted by Crippen LogP contribution is -2.41. The average Bonchev–Trinajstić information content (AvgIpc) is 3.07. The fourth-order valence-corrected chi connectivity index (χ4v) is 4.60. The van der Waals surface area contributed by atoms with E-state index >= 15 is 0 Å². The number of nitro benzene ring substituents is 1. The van der Waals surface area contributed by atoms with E-state index in [1.807, 2.05) is 5.32 Å². The number of hydroxylamine groups is 2. The van der Waals surface area contributed by atoms with Crippen molar-refractivity contribution in [1.29, 1.82) is 0 Å². The van der Waals surface area contributed by atoms with Crippen molar-refractivity contribution >= 4 is 50.2 Å². The van der Waals surface area contributed by atoms with Gasteiger partial charge in [0.1, 0.15) is 0 Å². The largest absolute Gasteiger partial charge is 0.318 e. The molecule has 0 saturated carbocycles. The van der Waals surface area contributed by atoms with Gasteiger partial charge in [0.05, 0.1) is 32.1 Å². The summed E-state index contributed by atoms with van der Waals surface area (Å²) in [5.74, 6) is -3.83. The molecular formula is C20H9N3O9S. The molecule has 0 bridgehead atoms. The Bertz CT molecular complexity index is 1590. The van der Waals surface area contributed by atoms with Gasteiger partial charge in [-0.15, -0.1) is 9.35 Å². The van der Waals surface area contributed by atoms with Gasteiger partial charge in [-0.2, -0.15) is 8.42 Å². The van der Waals surface area contributed by atoms with Crippen LogP contribution in [0.3, 0.4) is 0 Å². The number of fused-ring (bicyclic) bond motifs is 1. The average molecular weight is 467 g/mol. The molecule has 3 aromatic rings. The predicted molar refractivity (Wildman–Crippen MR) is 108 cm³/mol. The molecule has 5 rings (SSSR count). The van der Waals surface area contributed by atoms with E-state index in [4.69, 9.17) is 4.28 Å². The topological polar surface area (TPSA) is 170 Å². The number of nitrogens with one attached hydrogen (secondary N) is 1. The molecule has 0 fully saturated rings. The number of non-ortho nitro benzene ring substituents is 1. The molecule has 13 heteroatoms. The minimum atomic E-state index is -4.83. The number of carbonyl (C=O) groups excluding carboxylic acids is 4. The van der Waals surface area contributed by atoms with E-state index < -0.39 is 49.3 Å². The molecule has 2 heterocycles. The highest BCUT2D eigenvalue weighted by Crippen LogP contribution is 2.34. The molecule has 0 atom stereocenters. The van der Waals surface area contributed by atoms with Crippen molar-refractivity contribution in [2.24, 2.45) is 0 Å². The molecule has 2 aliphatic heterocycles. The van der Waals surface area contributed by atoms with Crippen LogP contribution in [0.15, 0.2) is 53.4 Å². The summed E-state index contributed by atoms with van der Waals surface area (Å²) in [4.78, 5) is 59.3. The van der Waals surface area contributed by atoms with Gasteiger partial charge < -0.3 is 0 Å². The zero-order valence-electron chi connectivity index (χ0n) is 16.1. The van der Waals surface area contributed by atoms with Crippen molar-refractivity contribution in [2.75, 3.05) is 0 Å². The van der Waals surface area contributed by atoms with Crippen LogP contribution in [0.2, 0.25) is 0 Å². The van der Waals surface area contributed by atoms with E-state index in [0.29, 0.717) is 0 Å². The Labute approximate surface area is 183 Å². The van der Waals surface area contributed by atoms with Gasteiger partial charge in [0.2, 0.25) is 0 Å². The summed E-state index contributed by atoms with van der Waals surface area (Å²) in [6, 6.07) is 9.27. The third kappa shape index (κ3) is 2.98. The summed E-state index contributed by atoms with van der Waals surface area (Å²) < 4.78 is 30.5. The Kier molecular flexibility index (Phi) is 4.18. The Morgan fingerprint density at radius 3 is 2.27 bits per heavy atom. The lowest BCUT2D eigenvalue weighted by molar-refractivity contribution is -0.384. The van der Waals surface area contributed by atoms with Gasteiger partial charge >= 0.3 is 10.1 Å². The van der Waals surface area contributed by atoms with Crippen molar-refractivity contribution in [1.82, 2.24) is 10.4 Å². The zero-order valence-corrected chi connectivity index (χ0v) is 16.9. The van der Waals surface area contributed by atoms with Crippen LogP contribution in [-0.4, -0.2) is 42.0 Å². The van der Waals surface area contributed by atoms with E-state index in [1.54, 1.807) is 0 Å². The van der Waals surface area contributed by atoms with E-state index in [9.17, 15) is 37.7 Å². The Morgan fingerprint density at radius 1 is 0.848 bits per heavy atom. The van der Waals surface area contributed by atoms with Crippen LogP contribution in [0.5, 0.6) is 0 Å². The Balaban J connectivity index is 1.58. The SMILES string of the molecule is O=C1NC(=O)c2cc(S(=O)(=O)ON3C(=O)c4cccc5cc([N+](=O)[O-])cc(c45)C3=O)ccc21. The second kappa shape index (κ2) is 6.75. The smallest absolute Gasteiger partial charge is 0.288 e. The van der Waals surface area contributed by atoms with Gasteiger partial charge in [-0.1, -0.05) is 12.1 Å². The molecule has 0 unspecified atom stereocenters. The minimum absolute atomic E-state index is 0.00534. The molecule has 4 amide bonds. The molecule has 0 spiro atoms. The van der Waals surface area contributed by atoms with Crippen LogP contribution in [-0.2, 0) is 14.4 Å². The third-order valence-electron chi connectivity index (χ3n) is 5.17. The Morgan fingerprint density at radius 2 is 1.55 bits per heavy atom. The van der Waals surface area contributed by atoms with Gasteiger partial charge in [-0.25, -0.2) is 0 Å². The van der Waals surface area contributed by atoms with Gasteiger partial charge in [0.15, 0.2) is 0 Å². The molecule has 1 N–H and O–H groups in total. The van der Waals surface area contributed by atoms with Gasteiger partial charge in [0.25, 0.3) is 29.3 Å².